The third-order valence-corrected chi connectivity index (χ3v) is 2.10. The molecule has 0 spiro atoms. The van der Waals surface area contributed by atoms with E-state index in [4.69, 9.17) is 5.26 Å². The normalized spacial score (nSPS) is 12.9. The highest BCUT2D eigenvalue weighted by Gasteiger charge is 2.07. The van der Waals surface area contributed by atoms with E-state index in [0.29, 0.717) is 0 Å². The van der Waals surface area contributed by atoms with Gasteiger partial charge in [-0.3, -0.25) is 0 Å². The lowest BCUT2D eigenvalue weighted by atomic mass is 10.1. The Morgan fingerprint density at radius 3 is 2.50 bits per heavy atom. The van der Waals surface area contributed by atoms with Crippen LogP contribution in [0.3, 0.4) is 0 Å². The third-order valence-electron chi connectivity index (χ3n) is 2.10. The van der Waals surface area contributed by atoms with Crippen LogP contribution in [0, 0.1) is 17.2 Å². The topological polar surface area (TPSA) is 27.0 Å². The Morgan fingerprint density at radius 1 is 1.42 bits per heavy atom. The van der Waals surface area contributed by atoms with E-state index in [1.54, 1.807) is 0 Å². The van der Waals surface area contributed by atoms with Crippen LogP contribution in [0.5, 0.6) is 0 Å². The highest BCUT2D eigenvalue weighted by molar-refractivity contribution is 4.83. The predicted octanol–water partition coefficient (Wildman–Crippen LogP) is 2.27. The summed E-state index contributed by atoms with van der Waals surface area (Å²) in [5.41, 5.74) is 0. The minimum absolute atomic E-state index is 0.215. The summed E-state index contributed by atoms with van der Waals surface area (Å²) in [6.45, 7) is 6.30. The first kappa shape index (κ1) is 11.4. The molecule has 0 aliphatic carbocycles. The fourth-order valence-electron chi connectivity index (χ4n) is 1.16. The van der Waals surface area contributed by atoms with Gasteiger partial charge in [0.15, 0.2) is 0 Å². The van der Waals surface area contributed by atoms with Gasteiger partial charge in [-0.15, -0.1) is 0 Å². The van der Waals surface area contributed by atoms with Crippen LogP contribution in [0.4, 0.5) is 0 Å². The lowest BCUT2D eigenvalue weighted by Gasteiger charge is -2.18. The molecule has 0 amide bonds. The monoisotopic (exact) mass is 168 g/mol. The van der Waals surface area contributed by atoms with Crippen LogP contribution in [0.15, 0.2) is 0 Å². The van der Waals surface area contributed by atoms with Gasteiger partial charge >= 0.3 is 0 Å². The lowest BCUT2D eigenvalue weighted by molar-refractivity contribution is 0.295. The average molecular weight is 168 g/mol. The van der Waals surface area contributed by atoms with E-state index >= 15 is 0 Å². The van der Waals surface area contributed by atoms with Crippen molar-refractivity contribution in [2.24, 2.45) is 5.92 Å². The average Bonchev–Trinajstić information content (AvgIpc) is 2.10. The van der Waals surface area contributed by atoms with E-state index in [0.717, 1.165) is 19.5 Å². The lowest BCUT2D eigenvalue weighted by Crippen LogP contribution is -2.25. The molecule has 2 heteroatoms. The zero-order valence-corrected chi connectivity index (χ0v) is 8.51. The van der Waals surface area contributed by atoms with Crippen molar-refractivity contribution in [2.45, 2.75) is 33.1 Å². The number of unbranched alkanes of at least 4 members (excludes halogenated alkanes) is 1. The van der Waals surface area contributed by atoms with Crippen LogP contribution in [0.25, 0.3) is 0 Å². The zero-order valence-electron chi connectivity index (χ0n) is 8.51. The summed E-state index contributed by atoms with van der Waals surface area (Å²) in [5, 5.41) is 8.72. The Bertz CT molecular complexity index is 137. The second-order valence-electron chi connectivity index (χ2n) is 3.35. The number of hydrogen-bond donors (Lipinski definition) is 0. The van der Waals surface area contributed by atoms with Gasteiger partial charge in [-0.25, -0.2) is 0 Å². The summed E-state index contributed by atoms with van der Waals surface area (Å²) in [4.78, 5) is 2.25. The smallest absolute Gasteiger partial charge is 0.0669 e. The van der Waals surface area contributed by atoms with Crippen LogP contribution in [-0.4, -0.2) is 25.0 Å². The van der Waals surface area contributed by atoms with Gasteiger partial charge in [0.05, 0.1) is 12.0 Å². The van der Waals surface area contributed by atoms with E-state index in [-0.39, 0.29) is 5.92 Å². The molecule has 0 aliphatic heterocycles. The van der Waals surface area contributed by atoms with Crippen LogP contribution in [0.1, 0.15) is 33.1 Å². The first-order valence-electron chi connectivity index (χ1n) is 4.82. The van der Waals surface area contributed by atoms with Crippen LogP contribution < -0.4 is 0 Å². The molecule has 0 N–H and O–H groups in total. The molecule has 0 saturated carbocycles. The predicted molar refractivity (Wildman–Crippen MR) is 51.8 cm³/mol. The molecule has 0 fully saturated rings. The summed E-state index contributed by atoms with van der Waals surface area (Å²) < 4.78 is 0. The maximum absolute atomic E-state index is 8.72. The summed E-state index contributed by atoms with van der Waals surface area (Å²) in [7, 11) is 2.09. The number of rotatable bonds is 6. The molecule has 0 saturated heterocycles. The van der Waals surface area contributed by atoms with Crippen LogP contribution in [-0.2, 0) is 0 Å². The molecular formula is C10H20N2. The van der Waals surface area contributed by atoms with Gasteiger partial charge in [-0.05, 0) is 26.4 Å². The highest BCUT2D eigenvalue weighted by Crippen LogP contribution is 2.03. The molecule has 2 nitrogen and oxygen atoms in total. The fraction of sp³-hybridized carbons (Fsp3) is 0.900. The quantitative estimate of drug-likeness (QED) is 0.608. The molecule has 1 unspecified atom stereocenters. The van der Waals surface area contributed by atoms with E-state index < -0.39 is 0 Å². The van der Waals surface area contributed by atoms with Crippen molar-refractivity contribution in [3.63, 3.8) is 0 Å². The van der Waals surface area contributed by atoms with Crippen molar-refractivity contribution in [1.29, 1.82) is 5.26 Å². The Labute approximate surface area is 76.2 Å². The molecule has 0 aromatic rings. The molecule has 0 radical (unpaired) electrons. The maximum atomic E-state index is 8.72. The molecule has 70 valence electrons. The Hall–Kier alpha value is -0.550. The Balaban J connectivity index is 3.53. The minimum Gasteiger partial charge on any atom is -0.305 e. The molecular weight excluding hydrogens is 148 g/mol. The highest BCUT2D eigenvalue weighted by atomic mass is 15.1. The standard InChI is InChI=1S/C10H20N2/c1-4-6-7-12(3)9-10(5-2)8-11/h10H,4-7,9H2,1-3H3. The van der Waals surface area contributed by atoms with Crippen molar-refractivity contribution in [1.82, 2.24) is 4.90 Å². The van der Waals surface area contributed by atoms with Gasteiger partial charge in [0.25, 0.3) is 0 Å². The summed E-state index contributed by atoms with van der Waals surface area (Å²) in [5.74, 6) is 0.215. The van der Waals surface area contributed by atoms with E-state index in [9.17, 15) is 0 Å². The molecule has 1 atom stereocenters. The molecule has 0 bridgehead atoms. The van der Waals surface area contributed by atoms with Gasteiger partial charge < -0.3 is 4.90 Å². The van der Waals surface area contributed by atoms with Crippen molar-refractivity contribution in [2.75, 3.05) is 20.1 Å². The fourth-order valence-corrected chi connectivity index (χ4v) is 1.16. The van der Waals surface area contributed by atoms with Crippen LogP contribution in [0.2, 0.25) is 0 Å². The Kier molecular flexibility index (Phi) is 6.79. The Morgan fingerprint density at radius 2 is 2.08 bits per heavy atom. The van der Waals surface area contributed by atoms with Gasteiger partial charge in [-0.2, -0.15) is 5.26 Å². The second-order valence-corrected chi connectivity index (χ2v) is 3.35. The van der Waals surface area contributed by atoms with Crippen molar-refractivity contribution in [3.05, 3.63) is 0 Å². The second kappa shape index (κ2) is 7.12. The van der Waals surface area contributed by atoms with E-state index in [2.05, 4.69) is 31.9 Å². The molecule has 0 aromatic carbocycles. The maximum Gasteiger partial charge on any atom is 0.0669 e. The summed E-state index contributed by atoms with van der Waals surface area (Å²) in [6.07, 6.45) is 3.43. The molecule has 12 heavy (non-hydrogen) atoms. The van der Waals surface area contributed by atoms with Gasteiger partial charge in [0, 0.05) is 6.54 Å². The largest absolute Gasteiger partial charge is 0.305 e. The molecule has 0 heterocycles. The van der Waals surface area contributed by atoms with E-state index in [1.807, 2.05) is 0 Å². The van der Waals surface area contributed by atoms with Crippen molar-refractivity contribution >= 4 is 0 Å². The van der Waals surface area contributed by atoms with Gasteiger partial charge in [-0.1, -0.05) is 20.3 Å². The van der Waals surface area contributed by atoms with Crippen LogP contribution >= 0.6 is 0 Å². The van der Waals surface area contributed by atoms with Crippen molar-refractivity contribution < 1.29 is 0 Å². The SMILES string of the molecule is CCCCN(C)CC(C#N)CC. The molecule has 0 rings (SSSR count). The van der Waals surface area contributed by atoms with Gasteiger partial charge in [0.1, 0.15) is 0 Å². The number of nitrogens with zero attached hydrogens (tertiary/aromatic N) is 2. The first-order chi connectivity index (χ1) is 5.74. The molecule has 0 aliphatic rings. The molecule has 0 aromatic heterocycles. The van der Waals surface area contributed by atoms with Crippen molar-refractivity contribution in [3.8, 4) is 6.07 Å². The van der Waals surface area contributed by atoms with Gasteiger partial charge in [0.2, 0.25) is 0 Å². The zero-order chi connectivity index (χ0) is 9.40. The summed E-state index contributed by atoms with van der Waals surface area (Å²) in [6, 6.07) is 2.32. The number of hydrogen-bond acceptors (Lipinski definition) is 2. The summed E-state index contributed by atoms with van der Waals surface area (Å²) >= 11 is 0. The third kappa shape index (κ3) is 5.15. The van der Waals surface area contributed by atoms with E-state index in [1.165, 1.54) is 12.8 Å². The number of nitriles is 1. The first-order valence-corrected chi connectivity index (χ1v) is 4.82. The minimum atomic E-state index is 0.215.